The first-order chi connectivity index (χ1) is 13.5. The fourth-order valence-corrected chi connectivity index (χ4v) is 2.42. The summed E-state index contributed by atoms with van der Waals surface area (Å²) < 4.78 is 23.7. The van der Waals surface area contributed by atoms with Crippen molar-refractivity contribution < 1.29 is 18.4 Å². The van der Waals surface area contributed by atoms with E-state index in [4.69, 9.17) is 9.26 Å². The van der Waals surface area contributed by atoms with Gasteiger partial charge in [0.1, 0.15) is 11.6 Å². The summed E-state index contributed by atoms with van der Waals surface area (Å²) in [6.07, 6.45) is 0.432. The molecule has 0 bridgehead atoms. The van der Waals surface area contributed by atoms with Crippen molar-refractivity contribution in [1.29, 1.82) is 0 Å². The second-order valence-corrected chi connectivity index (χ2v) is 6.32. The Labute approximate surface area is 162 Å². The van der Waals surface area contributed by atoms with Crippen molar-refractivity contribution in [2.75, 3.05) is 18.9 Å². The maximum Gasteiger partial charge on any atom is 0.321 e. The van der Waals surface area contributed by atoms with Gasteiger partial charge in [-0.15, -0.1) is 0 Å². The van der Waals surface area contributed by atoms with Crippen LogP contribution in [0.1, 0.15) is 17.3 Å². The molecule has 0 saturated carbocycles. The average molecular weight is 384 g/mol. The number of likely N-dealkylation sites (N-methyl/N-ethyl adjacent to an activating group) is 1. The third-order valence-electron chi connectivity index (χ3n) is 3.98. The highest BCUT2D eigenvalue weighted by Gasteiger charge is 2.12. The molecule has 0 saturated heterocycles. The van der Waals surface area contributed by atoms with Crippen LogP contribution in [0.15, 0.2) is 53.1 Å². The van der Waals surface area contributed by atoms with E-state index in [1.165, 1.54) is 29.2 Å². The SMILES string of the molecule is Cc1cccc(OCc2nc(CCN(C)C(=O)Nc3ccc(F)cc3)no2)c1. The molecule has 0 spiro atoms. The van der Waals surface area contributed by atoms with Gasteiger partial charge in [-0.25, -0.2) is 9.18 Å². The number of hydrogen-bond acceptors (Lipinski definition) is 5. The van der Waals surface area contributed by atoms with E-state index in [1.54, 1.807) is 7.05 Å². The number of rotatable bonds is 7. The molecule has 8 heteroatoms. The molecule has 1 N–H and O–H groups in total. The van der Waals surface area contributed by atoms with E-state index in [9.17, 15) is 9.18 Å². The number of anilines is 1. The van der Waals surface area contributed by atoms with E-state index in [-0.39, 0.29) is 18.5 Å². The Kier molecular flexibility index (Phi) is 6.21. The van der Waals surface area contributed by atoms with Crippen molar-refractivity contribution in [2.45, 2.75) is 20.0 Å². The zero-order valence-electron chi connectivity index (χ0n) is 15.7. The smallest absolute Gasteiger partial charge is 0.321 e. The molecule has 1 heterocycles. The van der Waals surface area contributed by atoms with Crippen molar-refractivity contribution in [1.82, 2.24) is 15.0 Å². The number of nitrogens with one attached hydrogen (secondary N) is 1. The van der Waals surface area contributed by atoms with Gasteiger partial charge in [-0.3, -0.25) is 0 Å². The van der Waals surface area contributed by atoms with Gasteiger partial charge in [-0.2, -0.15) is 4.98 Å². The van der Waals surface area contributed by atoms with E-state index in [1.807, 2.05) is 31.2 Å². The van der Waals surface area contributed by atoms with Crippen LogP contribution in [-0.2, 0) is 13.0 Å². The highest BCUT2D eigenvalue weighted by Crippen LogP contribution is 2.14. The van der Waals surface area contributed by atoms with Gasteiger partial charge in [0.25, 0.3) is 5.89 Å². The van der Waals surface area contributed by atoms with Crippen LogP contribution in [0, 0.1) is 12.7 Å². The van der Waals surface area contributed by atoms with Crippen LogP contribution in [0.3, 0.4) is 0 Å². The van der Waals surface area contributed by atoms with Crippen LogP contribution in [0.2, 0.25) is 0 Å². The van der Waals surface area contributed by atoms with Crippen LogP contribution in [0.4, 0.5) is 14.9 Å². The van der Waals surface area contributed by atoms with Gasteiger partial charge in [0.15, 0.2) is 12.4 Å². The second-order valence-electron chi connectivity index (χ2n) is 6.32. The van der Waals surface area contributed by atoms with Gasteiger partial charge in [0.2, 0.25) is 0 Å². The minimum Gasteiger partial charge on any atom is -0.484 e. The Balaban J connectivity index is 1.45. The molecule has 0 aliphatic heterocycles. The maximum atomic E-state index is 12.9. The molecular weight excluding hydrogens is 363 g/mol. The number of ether oxygens (including phenoxy) is 1. The zero-order chi connectivity index (χ0) is 19.9. The maximum absolute atomic E-state index is 12.9. The lowest BCUT2D eigenvalue weighted by atomic mass is 10.2. The first-order valence-electron chi connectivity index (χ1n) is 8.78. The Morgan fingerprint density at radius 3 is 2.79 bits per heavy atom. The summed E-state index contributed by atoms with van der Waals surface area (Å²) in [5.41, 5.74) is 1.62. The molecule has 1 aromatic heterocycles. The minimum atomic E-state index is -0.356. The molecule has 3 aromatic rings. The molecule has 28 heavy (non-hydrogen) atoms. The first kappa shape index (κ1) is 19.3. The monoisotopic (exact) mass is 384 g/mol. The summed E-state index contributed by atoms with van der Waals surface area (Å²) in [5, 5.41) is 6.59. The van der Waals surface area contributed by atoms with Crippen LogP contribution in [-0.4, -0.2) is 34.7 Å². The van der Waals surface area contributed by atoms with E-state index in [2.05, 4.69) is 15.5 Å². The molecule has 3 rings (SSSR count). The lowest BCUT2D eigenvalue weighted by Crippen LogP contribution is -2.33. The van der Waals surface area contributed by atoms with E-state index < -0.39 is 0 Å². The van der Waals surface area contributed by atoms with E-state index >= 15 is 0 Å². The van der Waals surface area contributed by atoms with E-state index in [0.29, 0.717) is 30.4 Å². The Hall–Kier alpha value is -3.42. The number of urea groups is 1. The second kappa shape index (κ2) is 8.98. The first-order valence-corrected chi connectivity index (χ1v) is 8.78. The number of aryl methyl sites for hydroxylation is 1. The summed E-state index contributed by atoms with van der Waals surface area (Å²) in [6.45, 7) is 2.56. The molecule has 0 aliphatic carbocycles. The normalized spacial score (nSPS) is 10.5. The topological polar surface area (TPSA) is 80.5 Å². The largest absolute Gasteiger partial charge is 0.484 e. The van der Waals surface area contributed by atoms with Gasteiger partial charge in [0, 0.05) is 25.7 Å². The third kappa shape index (κ3) is 5.54. The molecule has 2 aromatic carbocycles. The summed E-state index contributed by atoms with van der Waals surface area (Å²) in [4.78, 5) is 17.9. The number of halogens is 1. The average Bonchev–Trinajstić information content (AvgIpc) is 3.14. The lowest BCUT2D eigenvalue weighted by molar-refractivity contribution is 0.222. The molecular formula is C20H21FN4O3. The van der Waals surface area contributed by atoms with Crippen LogP contribution in [0.5, 0.6) is 5.75 Å². The molecule has 0 aliphatic rings. The standard InChI is InChI=1S/C20H21FN4O3/c1-14-4-3-5-17(12-14)27-13-19-23-18(24-28-19)10-11-25(2)20(26)22-16-8-6-15(21)7-9-16/h3-9,12H,10-11,13H2,1-2H3,(H,22,26). The fraction of sp³-hybridized carbons (Fsp3) is 0.250. The predicted octanol–water partition coefficient (Wildman–Crippen LogP) is 3.80. The highest BCUT2D eigenvalue weighted by molar-refractivity contribution is 5.89. The zero-order valence-corrected chi connectivity index (χ0v) is 15.7. The number of carbonyl (C=O) groups is 1. The molecule has 7 nitrogen and oxygen atoms in total. The summed E-state index contributed by atoms with van der Waals surface area (Å²) in [7, 11) is 1.65. The fourth-order valence-electron chi connectivity index (χ4n) is 2.42. The third-order valence-corrected chi connectivity index (χ3v) is 3.98. The number of carbonyl (C=O) groups excluding carboxylic acids is 1. The van der Waals surface area contributed by atoms with Gasteiger partial charge in [-0.1, -0.05) is 17.3 Å². The van der Waals surface area contributed by atoms with Crippen molar-refractivity contribution in [3.8, 4) is 5.75 Å². The molecule has 0 fully saturated rings. The van der Waals surface area contributed by atoms with E-state index in [0.717, 1.165) is 11.3 Å². The number of nitrogens with zero attached hydrogens (tertiary/aromatic N) is 3. The summed E-state index contributed by atoms with van der Waals surface area (Å²) >= 11 is 0. The summed E-state index contributed by atoms with van der Waals surface area (Å²) in [5.74, 6) is 1.24. The molecule has 0 unspecified atom stereocenters. The Morgan fingerprint density at radius 2 is 2.04 bits per heavy atom. The van der Waals surface area contributed by atoms with Gasteiger partial charge >= 0.3 is 6.03 Å². The molecule has 0 radical (unpaired) electrons. The highest BCUT2D eigenvalue weighted by atomic mass is 19.1. The van der Waals surface area contributed by atoms with Crippen LogP contribution < -0.4 is 10.1 Å². The number of benzene rings is 2. The van der Waals surface area contributed by atoms with Crippen molar-refractivity contribution in [2.24, 2.45) is 0 Å². The predicted molar refractivity (Wildman–Crippen MR) is 102 cm³/mol. The van der Waals surface area contributed by atoms with Gasteiger partial charge in [0.05, 0.1) is 0 Å². The Morgan fingerprint density at radius 1 is 1.25 bits per heavy atom. The number of hydrogen-bond donors (Lipinski definition) is 1. The molecule has 0 atom stereocenters. The quantitative estimate of drug-likeness (QED) is 0.670. The lowest BCUT2D eigenvalue weighted by Gasteiger charge is -2.17. The molecule has 146 valence electrons. The van der Waals surface area contributed by atoms with Crippen molar-refractivity contribution in [3.05, 3.63) is 71.6 Å². The van der Waals surface area contributed by atoms with Crippen LogP contribution >= 0.6 is 0 Å². The van der Waals surface area contributed by atoms with Crippen molar-refractivity contribution in [3.63, 3.8) is 0 Å². The minimum absolute atomic E-state index is 0.178. The Bertz CT molecular complexity index is 927. The van der Waals surface area contributed by atoms with Gasteiger partial charge < -0.3 is 19.5 Å². The summed E-state index contributed by atoms with van der Waals surface area (Å²) in [6, 6.07) is 13.0. The van der Waals surface area contributed by atoms with Gasteiger partial charge in [-0.05, 0) is 48.9 Å². The molecule has 2 amide bonds. The van der Waals surface area contributed by atoms with Crippen LogP contribution in [0.25, 0.3) is 0 Å². The van der Waals surface area contributed by atoms with Crippen molar-refractivity contribution >= 4 is 11.7 Å². The number of aromatic nitrogens is 2. The number of amides is 2.